The first-order valence-electron chi connectivity index (χ1n) is 6.78. The zero-order valence-corrected chi connectivity index (χ0v) is 12.1. The third kappa shape index (κ3) is 4.05. The molecule has 1 aromatic carbocycles. The van der Waals surface area contributed by atoms with E-state index in [1.165, 1.54) is 6.20 Å². The number of carboxylic acid groups (broad SMARTS) is 1. The predicted molar refractivity (Wildman–Crippen MR) is 80.9 cm³/mol. The van der Waals surface area contributed by atoms with Crippen molar-refractivity contribution in [3.63, 3.8) is 0 Å². The van der Waals surface area contributed by atoms with Gasteiger partial charge in [0.15, 0.2) is 0 Å². The highest BCUT2D eigenvalue weighted by Gasteiger charge is 2.07. The molecule has 114 valence electrons. The van der Waals surface area contributed by atoms with Crippen LogP contribution in [0.5, 0.6) is 0 Å². The van der Waals surface area contributed by atoms with Gasteiger partial charge in [0.1, 0.15) is 0 Å². The summed E-state index contributed by atoms with van der Waals surface area (Å²) in [6, 6.07) is 8.23. The Kier molecular flexibility index (Phi) is 5.08. The summed E-state index contributed by atoms with van der Waals surface area (Å²) in [4.78, 5) is 26.4. The van der Waals surface area contributed by atoms with Crippen LogP contribution >= 0.6 is 0 Å². The molecule has 0 bridgehead atoms. The maximum absolute atomic E-state index is 11.6. The zero-order chi connectivity index (χ0) is 15.9. The van der Waals surface area contributed by atoms with E-state index in [1.807, 2.05) is 0 Å². The SMILES string of the molecule is CCOC(=O)c1cncc(NCc2ccc(C(=O)O)cc2)c1. The van der Waals surface area contributed by atoms with Gasteiger partial charge in [0.25, 0.3) is 0 Å². The maximum atomic E-state index is 11.6. The Morgan fingerprint density at radius 1 is 1.18 bits per heavy atom. The van der Waals surface area contributed by atoms with Crippen molar-refractivity contribution in [2.45, 2.75) is 13.5 Å². The minimum Gasteiger partial charge on any atom is -0.478 e. The van der Waals surface area contributed by atoms with Crippen LogP contribution in [0.2, 0.25) is 0 Å². The quantitative estimate of drug-likeness (QED) is 0.797. The van der Waals surface area contributed by atoms with Crippen LogP contribution in [0.15, 0.2) is 42.7 Å². The van der Waals surface area contributed by atoms with Crippen molar-refractivity contribution in [3.05, 3.63) is 59.4 Å². The molecule has 2 N–H and O–H groups in total. The number of carboxylic acids is 1. The topological polar surface area (TPSA) is 88.5 Å². The van der Waals surface area contributed by atoms with Crippen LogP contribution in [0.25, 0.3) is 0 Å². The van der Waals surface area contributed by atoms with Crippen LogP contribution < -0.4 is 5.32 Å². The standard InChI is InChI=1S/C16H16N2O4/c1-2-22-16(21)13-7-14(10-17-9-13)18-8-11-3-5-12(6-4-11)15(19)20/h3-7,9-10,18H,2,8H2,1H3,(H,19,20). The second-order valence-electron chi connectivity index (χ2n) is 4.54. The first-order chi connectivity index (χ1) is 10.6. The molecule has 0 saturated carbocycles. The van der Waals surface area contributed by atoms with E-state index in [1.54, 1.807) is 43.5 Å². The van der Waals surface area contributed by atoms with Gasteiger partial charge in [-0.15, -0.1) is 0 Å². The number of hydrogen-bond donors (Lipinski definition) is 2. The summed E-state index contributed by atoms with van der Waals surface area (Å²) < 4.78 is 4.92. The lowest BCUT2D eigenvalue weighted by Crippen LogP contribution is -2.07. The summed E-state index contributed by atoms with van der Waals surface area (Å²) in [6.07, 6.45) is 3.05. The van der Waals surface area contributed by atoms with Crippen LogP contribution in [0.4, 0.5) is 5.69 Å². The van der Waals surface area contributed by atoms with Crippen LogP contribution in [0.3, 0.4) is 0 Å². The number of rotatable bonds is 6. The minimum atomic E-state index is -0.953. The number of aromatic carboxylic acids is 1. The summed E-state index contributed by atoms with van der Waals surface area (Å²) in [6.45, 7) is 2.55. The lowest BCUT2D eigenvalue weighted by Gasteiger charge is -2.08. The smallest absolute Gasteiger partial charge is 0.339 e. The molecule has 6 heteroatoms. The number of pyridine rings is 1. The molecule has 22 heavy (non-hydrogen) atoms. The third-order valence-corrected chi connectivity index (χ3v) is 2.95. The second kappa shape index (κ2) is 7.21. The Morgan fingerprint density at radius 3 is 2.55 bits per heavy atom. The number of benzene rings is 1. The molecule has 0 unspecified atom stereocenters. The van der Waals surface area contributed by atoms with E-state index in [0.29, 0.717) is 24.4 Å². The molecular weight excluding hydrogens is 284 g/mol. The average molecular weight is 300 g/mol. The molecule has 1 aromatic heterocycles. The molecule has 0 amide bonds. The van der Waals surface area contributed by atoms with E-state index in [4.69, 9.17) is 9.84 Å². The van der Waals surface area contributed by atoms with Crippen LogP contribution in [-0.2, 0) is 11.3 Å². The molecule has 0 aliphatic carbocycles. The number of nitrogens with zero attached hydrogens (tertiary/aromatic N) is 1. The Bertz CT molecular complexity index is 668. The molecular formula is C16H16N2O4. The Hall–Kier alpha value is -2.89. The average Bonchev–Trinajstić information content (AvgIpc) is 2.54. The van der Waals surface area contributed by atoms with Crippen LogP contribution in [-0.4, -0.2) is 28.6 Å². The summed E-state index contributed by atoms with van der Waals surface area (Å²) in [5.41, 5.74) is 2.24. The number of carbonyl (C=O) groups is 2. The van der Waals surface area contributed by atoms with Gasteiger partial charge >= 0.3 is 11.9 Å². The molecule has 0 fully saturated rings. The Morgan fingerprint density at radius 2 is 1.91 bits per heavy atom. The number of nitrogens with one attached hydrogen (secondary N) is 1. The van der Waals surface area contributed by atoms with E-state index in [-0.39, 0.29) is 5.56 Å². The molecule has 0 aliphatic rings. The molecule has 2 aromatic rings. The van der Waals surface area contributed by atoms with Crippen molar-refractivity contribution < 1.29 is 19.4 Å². The molecule has 0 aliphatic heterocycles. The van der Waals surface area contributed by atoms with E-state index in [9.17, 15) is 9.59 Å². The first-order valence-corrected chi connectivity index (χ1v) is 6.78. The summed E-state index contributed by atoms with van der Waals surface area (Å²) in [5, 5.41) is 12.0. The largest absolute Gasteiger partial charge is 0.478 e. The highest BCUT2D eigenvalue weighted by molar-refractivity contribution is 5.90. The van der Waals surface area contributed by atoms with E-state index in [0.717, 1.165) is 5.56 Å². The van der Waals surface area contributed by atoms with Crippen LogP contribution in [0, 0.1) is 0 Å². The molecule has 0 radical (unpaired) electrons. The van der Waals surface area contributed by atoms with Gasteiger partial charge in [-0.25, -0.2) is 9.59 Å². The number of hydrogen-bond acceptors (Lipinski definition) is 5. The van der Waals surface area contributed by atoms with Crippen molar-refractivity contribution in [3.8, 4) is 0 Å². The van der Waals surface area contributed by atoms with Gasteiger partial charge < -0.3 is 15.2 Å². The minimum absolute atomic E-state index is 0.245. The predicted octanol–water partition coefficient (Wildman–Crippen LogP) is 2.57. The van der Waals surface area contributed by atoms with Gasteiger partial charge in [-0.2, -0.15) is 0 Å². The number of carbonyl (C=O) groups excluding carboxylic acids is 1. The maximum Gasteiger partial charge on any atom is 0.339 e. The fraction of sp³-hybridized carbons (Fsp3) is 0.188. The Balaban J connectivity index is 2.00. The lowest BCUT2D eigenvalue weighted by molar-refractivity contribution is 0.0525. The second-order valence-corrected chi connectivity index (χ2v) is 4.54. The lowest BCUT2D eigenvalue weighted by atomic mass is 10.1. The van der Waals surface area contributed by atoms with Crippen molar-refractivity contribution >= 4 is 17.6 Å². The molecule has 0 atom stereocenters. The van der Waals surface area contributed by atoms with Gasteiger partial charge in [0, 0.05) is 18.9 Å². The van der Waals surface area contributed by atoms with E-state index in [2.05, 4.69) is 10.3 Å². The number of anilines is 1. The molecule has 0 saturated heterocycles. The summed E-state index contributed by atoms with van der Waals surface area (Å²) in [5.74, 6) is -1.37. The van der Waals surface area contributed by atoms with Crippen molar-refractivity contribution in [1.82, 2.24) is 4.98 Å². The Labute approximate surface area is 127 Å². The highest BCUT2D eigenvalue weighted by Crippen LogP contribution is 2.12. The van der Waals surface area contributed by atoms with E-state index >= 15 is 0 Å². The molecule has 6 nitrogen and oxygen atoms in total. The van der Waals surface area contributed by atoms with Crippen molar-refractivity contribution in [2.24, 2.45) is 0 Å². The normalized spacial score (nSPS) is 10.0. The van der Waals surface area contributed by atoms with Gasteiger partial charge in [-0.1, -0.05) is 12.1 Å². The van der Waals surface area contributed by atoms with Crippen LogP contribution in [0.1, 0.15) is 33.2 Å². The zero-order valence-electron chi connectivity index (χ0n) is 12.1. The highest BCUT2D eigenvalue weighted by atomic mass is 16.5. The fourth-order valence-electron chi connectivity index (χ4n) is 1.83. The summed E-state index contributed by atoms with van der Waals surface area (Å²) >= 11 is 0. The fourth-order valence-corrected chi connectivity index (χ4v) is 1.83. The molecule has 1 heterocycles. The monoisotopic (exact) mass is 300 g/mol. The summed E-state index contributed by atoms with van der Waals surface area (Å²) in [7, 11) is 0. The van der Waals surface area contributed by atoms with E-state index < -0.39 is 11.9 Å². The number of esters is 1. The van der Waals surface area contributed by atoms with Gasteiger partial charge in [-0.3, -0.25) is 4.98 Å². The van der Waals surface area contributed by atoms with Gasteiger partial charge in [-0.05, 0) is 30.7 Å². The first kappa shape index (κ1) is 15.5. The van der Waals surface area contributed by atoms with Gasteiger partial charge in [0.05, 0.1) is 23.4 Å². The molecule has 2 rings (SSSR count). The van der Waals surface area contributed by atoms with Crippen molar-refractivity contribution in [1.29, 1.82) is 0 Å². The van der Waals surface area contributed by atoms with Gasteiger partial charge in [0.2, 0.25) is 0 Å². The van der Waals surface area contributed by atoms with Crippen molar-refractivity contribution in [2.75, 3.05) is 11.9 Å². The molecule has 0 spiro atoms. The number of aromatic nitrogens is 1. The number of ether oxygens (including phenoxy) is 1. The third-order valence-electron chi connectivity index (χ3n) is 2.95.